The molecule has 1 aromatic heterocycles. The van der Waals surface area contributed by atoms with E-state index < -0.39 is 18.5 Å². The molecule has 3 aromatic rings. The number of hydrogen-bond donors (Lipinski definition) is 1. The minimum Gasteiger partial charge on any atom is -0.482 e. The quantitative estimate of drug-likeness (QED) is 0.576. The first kappa shape index (κ1) is 21.4. The van der Waals surface area contributed by atoms with Crippen molar-refractivity contribution >= 4 is 29.2 Å². The number of esters is 1. The number of aromatic nitrogens is 2. The fraction of sp³-hybridized carbons (Fsp3) is 0.227. The minimum atomic E-state index is -0.658. The zero-order valence-electron chi connectivity index (χ0n) is 16.9. The number of benzene rings is 2. The van der Waals surface area contributed by atoms with Crippen LogP contribution in [0, 0.1) is 20.8 Å². The van der Waals surface area contributed by atoms with Gasteiger partial charge in [-0.05, 0) is 51.1 Å². The second-order valence-corrected chi connectivity index (χ2v) is 7.18. The van der Waals surface area contributed by atoms with E-state index in [1.165, 1.54) is 0 Å². The Labute approximate surface area is 179 Å². The Balaban J connectivity index is 1.54. The molecule has 8 heteroatoms. The third-order valence-electron chi connectivity index (χ3n) is 4.35. The lowest BCUT2D eigenvalue weighted by Crippen LogP contribution is -2.24. The largest absolute Gasteiger partial charge is 0.482 e. The zero-order chi connectivity index (χ0) is 21.7. The first-order chi connectivity index (χ1) is 14.3. The summed E-state index contributed by atoms with van der Waals surface area (Å²) in [4.78, 5) is 24.1. The average molecular weight is 428 g/mol. The van der Waals surface area contributed by atoms with Crippen LogP contribution in [0.25, 0.3) is 5.69 Å². The van der Waals surface area contributed by atoms with E-state index in [-0.39, 0.29) is 6.61 Å². The number of hydrogen-bond acceptors (Lipinski definition) is 5. The van der Waals surface area contributed by atoms with Crippen molar-refractivity contribution in [2.75, 3.05) is 18.5 Å². The lowest BCUT2D eigenvalue weighted by atomic mass is 10.2. The van der Waals surface area contributed by atoms with Gasteiger partial charge in [-0.2, -0.15) is 5.10 Å². The molecule has 7 nitrogen and oxygen atoms in total. The van der Waals surface area contributed by atoms with Crippen LogP contribution in [-0.2, 0) is 14.3 Å². The number of carbonyl (C=O) groups is 2. The summed E-state index contributed by atoms with van der Waals surface area (Å²) in [6.45, 7) is 4.93. The van der Waals surface area contributed by atoms with Crippen LogP contribution in [0.3, 0.4) is 0 Å². The van der Waals surface area contributed by atoms with Gasteiger partial charge in [-0.3, -0.25) is 4.79 Å². The van der Waals surface area contributed by atoms with Gasteiger partial charge in [0.1, 0.15) is 5.75 Å². The number of ether oxygens (including phenoxy) is 2. The van der Waals surface area contributed by atoms with E-state index in [1.807, 2.05) is 38.1 Å². The molecule has 0 aliphatic carbocycles. The standard InChI is InChI=1S/C22H22ClN3O4/c1-14-7-9-18(10-8-14)26-16(3)22(15(2)25-26)24-20(27)12-30-21(28)13-29-19-6-4-5-17(23)11-19/h4-11H,12-13H2,1-3H3,(H,24,27). The van der Waals surface area contributed by atoms with Crippen molar-refractivity contribution in [1.29, 1.82) is 0 Å². The Morgan fingerprint density at radius 3 is 2.50 bits per heavy atom. The number of nitrogens with zero attached hydrogens (tertiary/aromatic N) is 2. The average Bonchev–Trinajstić information content (AvgIpc) is 2.99. The highest BCUT2D eigenvalue weighted by Crippen LogP contribution is 2.23. The number of carbonyl (C=O) groups excluding carboxylic acids is 2. The molecule has 0 radical (unpaired) electrons. The second-order valence-electron chi connectivity index (χ2n) is 6.75. The number of rotatable bonds is 7. The number of nitrogens with one attached hydrogen (secondary N) is 1. The normalized spacial score (nSPS) is 10.5. The van der Waals surface area contributed by atoms with Crippen molar-refractivity contribution in [3.63, 3.8) is 0 Å². The van der Waals surface area contributed by atoms with Crippen molar-refractivity contribution in [2.45, 2.75) is 20.8 Å². The molecule has 0 bridgehead atoms. The lowest BCUT2D eigenvalue weighted by molar-refractivity contribution is -0.149. The fourth-order valence-electron chi connectivity index (χ4n) is 2.82. The summed E-state index contributed by atoms with van der Waals surface area (Å²) in [6, 6.07) is 14.6. The van der Waals surface area contributed by atoms with Gasteiger partial charge in [0.05, 0.1) is 22.8 Å². The van der Waals surface area contributed by atoms with Gasteiger partial charge < -0.3 is 14.8 Å². The van der Waals surface area contributed by atoms with E-state index in [2.05, 4.69) is 10.4 Å². The Hall–Kier alpha value is -3.32. The maximum atomic E-state index is 12.2. The summed E-state index contributed by atoms with van der Waals surface area (Å²) in [6.07, 6.45) is 0. The summed E-state index contributed by atoms with van der Waals surface area (Å²) in [5.41, 5.74) is 4.07. The Bertz CT molecular complexity index is 1060. The van der Waals surface area contributed by atoms with E-state index >= 15 is 0 Å². The third-order valence-corrected chi connectivity index (χ3v) is 4.59. The summed E-state index contributed by atoms with van der Waals surface area (Å²) in [5.74, 6) is -0.673. The zero-order valence-corrected chi connectivity index (χ0v) is 17.7. The van der Waals surface area contributed by atoms with Crippen LogP contribution in [0.15, 0.2) is 48.5 Å². The molecule has 0 spiro atoms. The van der Waals surface area contributed by atoms with Gasteiger partial charge in [-0.15, -0.1) is 0 Å². The van der Waals surface area contributed by atoms with Crippen LogP contribution >= 0.6 is 11.6 Å². The molecule has 0 fully saturated rings. The minimum absolute atomic E-state index is 0.322. The summed E-state index contributed by atoms with van der Waals surface area (Å²) < 4.78 is 12.0. The highest BCUT2D eigenvalue weighted by molar-refractivity contribution is 6.30. The highest BCUT2D eigenvalue weighted by atomic mass is 35.5. The molecule has 0 saturated carbocycles. The molecule has 0 atom stereocenters. The lowest BCUT2D eigenvalue weighted by Gasteiger charge is -2.09. The van der Waals surface area contributed by atoms with Gasteiger partial charge in [0.25, 0.3) is 5.91 Å². The number of amides is 1. The molecule has 0 saturated heterocycles. The Morgan fingerprint density at radius 1 is 1.07 bits per heavy atom. The second kappa shape index (κ2) is 9.45. The molecule has 3 rings (SSSR count). The molecule has 30 heavy (non-hydrogen) atoms. The predicted molar refractivity (Wildman–Crippen MR) is 114 cm³/mol. The van der Waals surface area contributed by atoms with Gasteiger partial charge in [0, 0.05) is 5.02 Å². The number of anilines is 1. The van der Waals surface area contributed by atoms with E-state index in [4.69, 9.17) is 21.1 Å². The van der Waals surface area contributed by atoms with Gasteiger partial charge in [-0.1, -0.05) is 35.4 Å². The van der Waals surface area contributed by atoms with Gasteiger partial charge >= 0.3 is 5.97 Å². The van der Waals surface area contributed by atoms with Crippen molar-refractivity contribution in [1.82, 2.24) is 9.78 Å². The molecular weight excluding hydrogens is 406 g/mol. The van der Waals surface area contributed by atoms with Gasteiger partial charge in [0.2, 0.25) is 0 Å². The summed E-state index contributed by atoms with van der Waals surface area (Å²) in [5, 5.41) is 7.75. The smallest absolute Gasteiger partial charge is 0.344 e. The van der Waals surface area contributed by atoms with Crippen LogP contribution < -0.4 is 10.1 Å². The summed E-state index contributed by atoms with van der Waals surface area (Å²) >= 11 is 5.86. The van der Waals surface area contributed by atoms with Crippen LogP contribution in [0.5, 0.6) is 5.75 Å². The fourth-order valence-corrected chi connectivity index (χ4v) is 3.00. The molecule has 0 unspecified atom stereocenters. The van der Waals surface area contributed by atoms with Crippen LogP contribution in [0.1, 0.15) is 17.0 Å². The molecule has 0 aliphatic rings. The van der Waals surface area contributed by atoms with E-state index in [0.717, 1.165) is 16.9 Å². The first-order valence-electron chi connectivity index (χ1n) is 9.30. The summed E-state index contributed by atoms with van der Waals surface area (Å²) in [7, 11) is 0. The molecule has 156 valence electrons. The van der Waals surface area contributed by atoms with Crippen LogP contribution in [0.4, 0.5) is 5.69 Å². The van der Waals surface area contributed by atoms with Gasteiger partial charge in [0.15, 0.2) is 13.2 Å². The molecule has 0 aliphatic heterocycles. The van der Waals surface area contributed by atoms with E-state index in [0.29, 0.717) is 22.2 Å². The van der Waals surface area contributed by atoms with Crippen molar-refractivity contribution in [3.8, 4) is 11.4 Å². The molecule has 1 heterocycles. The highest BCUT2D eigenvalue weighted by Gasteiger charge is 2.16. The monoisotopic (exact) mass is 427 g/mol. The van der Waals surface area contributed by atoms with Crippen LogP contribution in [-0.4, -0.2) is 34.9 Å². The Kier molecular flexibility index (Phi) is 6.74. The van der Waals surface area contributed by atoms with Crippen molar-refractivity contribution < 1.29 is 19.1 Å². The molecule has 1 amide bonds. The molecule has 2 aromatic carbocycles. The maximum Gasteiger partial charge on any atom is 0.344 e. The number of aryl methyl sites for hydroxylation is 2. The molecular formula is C22H22ClN3O4. The third kappa shape index (κ3) is 5.39. The van der Waals surface area contributed by atoms with Crippen LogP contribution in [0.2, 0.25) is 5.02 Å². The number of halogens is 1. The topological polar surface area (TPSA) is 82.5 Å². The Morgan fingerprint density at radius 2 is 1.80 bits per heavy atom. The first-order valence-corrected chi connectivity index (χ1v) is 9.68. The SMILES string of the molecule is Cc1ccc(-n2nc(C)c(NC(=O)COC(=O)COc3cccc(Cl)c3)c2C)cc1. The molecule has 1 N–H and O–H groups in total. The van der Waals surface area contributed by atoms with E-state index in [9.17, 15) is 9.59 Å². The van der Waals surface area contributed by atoms with Crippen molar-refractivity contribution in [2.24, 2.45) is 0 Å². The van der Waals surface area contributed by atoms with Crippen molar-refractivity contribution in [3.05, 3.63) is 70.5 Å². The predicted octanol–water partition coefficient (Wildman–Crippen LogP) is 4.01. The maximum absolute atomic E-state index is 12.2. The van der Waals surface area contributed by atoms with E-state index in [1.54, 1.807) is 35.9 Å². The van der Waals surface area contributed by atoms with Gasteiger partial charge in [-0.25, -0.2) is 9.48 Å².